The molecule has 0 amide bonds. The molecule has 5 atom stereocenters. The summed E-state index contributed by atoms with van der Waals surface area (Å²) < 4.78 is 0. The average Bonchev–Trinajstić information content (AvgIpc) is 2.48. The van der Waals surface area contributed by atoms with Crippen molar-refractivity contribution in [3.05, 3.63) is 23.8 Å². The minimum Gasteiger partial charge on any atom is -0.396 e. The molecule has 2 nitrogen and oxygen atoms in total. The van der Waals surface area contributed by atoms with Gasteiger partial charge in [0.2, 0.25) is 0 Å². The van der Waals surface area contributed by atoms with E-state index >= 15 is 0 Å². The first-order valence-corrected chi connectivity index (χ1v) is 8.83. The predicted octanol–water partition coefficient (Wildman–Crippen LogP) is 4.29. The number of aliphatic hydroxyl groups is 1. The second kappa shape index (κ2) is 5.33. The fraction of sp³-hybridized carbons (Fsp3) is 0.750. The largest absolute Gasteiger partial charge is 0.396 e. The first-order valence-electron chi connectivity index (χ1n) is 8.83. The third-order valence-electron chi connectivity index (χ3n) is 7.29. The van der Waals surface area contributed by atoms with E-state index in [1.54, 1.807) is 0 Å². The normalized spacial score (nSPS) is 45.3. The monoisotopic (exact) mass is 302 g/mol. The van der Waals surface area contributed by atoms with Gasteiger partial charge in [-0.25, -0.2) is 0 Å². The number of allylic oxidation sites excluding steroid dienone is 3. The summed E-state index contributed by atoms with van der Waals surface area (Å²) in [7, 11) is 0. The molecule has 0 aromatic heterocycles. The van der Waals surface area contributed by atoms with Crippen molar-refractivity contribution in [3.63, 3.8) is 0 Å². The zero-order chi connectivity index (χ0) is 16.1. The van der Waals surface area contributed by atoms with Crippen LogP contribution in [0.25, 0.3) is 0 Å². The zero-order valence-corrected chi connectivity index (χ0v) is 14.3. The number of ketones is 1. The van der Waals surface area contributed by atoms with Crippen LogP contribution in [0.1, 0.15) is 59.3 Å². The fourth-order valence-electron chi connectivity index (χ4n) is 6.22. The predicted molar refractivity (Wildman–Crippen MR) is 89.4 cm³/mol. The van der Waals surface area contributed by atoms with Gasteiger partial charge in [0, 0.05) is 24.4 Å². The van der Waals surface area contributed by atoms with E-state index in [4.69, 9.17) is 0 Å². The summed E-state index contributed by atoms with van der Waals surface area (Å²) in [4.78, 5) is 13.0. The van der Waals surface area contributed by atoms with E-state index in [0.29, 0.717) is 24.0 Å². The first kappa shape index (κ1) is 16.0. The second-order valence-corrected chi connectivity index (χ2v) is 8.44. The van der Waals surface area contributed by atoms with Gasteiger partial charge in [0.05, 0.1) is 0 Å². The van der Waals surface area contributed by atoms with E-state index < -0.39 is 0 Å². The molecule has 0 unspecified atom stereocenters. The van der Waals surface area contributed by atoms with Crippen LogP contribution in [-0.2, 0) is 4.79 Å². The Balaban J connectivity index is 2.04. The number of hydrogen-bond donors (Lipinski definition) is 1. The van der Waals surface area contributed by atoms with Crippen LogP contribution in [0.15, 0.2) is 23.8 Å². The molecule has 0 spiro atoms. The Labute approximate surface area is 134 Å². The average molecular weight is 302 g/mol. The molecule has 22 heavy (non-hydrogen) atoms. The topological polar surface area (TPSA) is 37.3 Å². The molecule has 3 aliphatic carbocycles. The van der Waals surface area contributed by atoms with Crippen molar-refractivity contribution in [2.45, 2.75) is 59.3 Å². The highest BCUT2D eigenvalue weighted by molar-refractivity contribution is 5.84. The van der Waals surface area contributed by atoms with Gasteiger partial charge in [0.1, 0.15) is 5.78 Å². The lowest BCUT2D eigenvalue weighted by molar-refractivity contribution is -0.159. The maximum Gasteiger partial charge on any atom is 0.137 e. The van der Waals surface area contributed by atoms with Crippen LogP contribution < -0.4 is 0 Å². The van der Waals surface area contributed by atoms with Crippen molar-refractivity contribution in [2.75, 3.05) is 6.61 Å². The van der Waals surface area contributed by atoms with Crippen LogP contribution in [-0.4, -0.2) is 17.5 Å². The highest BCUT2D eigenvalue weighted by Crippen LogP contribution is 2.63. The molecule has 3 aliphatic rings. The third-order valence-corrected chi connectivity index (χ3v) is 7.29. The van der Waals surface area contributed by atoms with Crippen LogP contribution >= 0.6 is 0 Å². The molecule has 1 N–H and O–H groups in total. The van der Waals surface area contributed by atoms with Gasteiger partial charge >= 0.3 is 0 Å². The molecule has 0 aliphatic heterocycles. The van der Waals surface area contributed by atoms with Crippen molar-refractivity contribution < 1.29 is 9.90 Å². The molecule has 3 rings (SSSR count). The molecule has 0 radical (unpaired) electrons. The molecule has 122 valence electrons. The van der Waals surface area contributed by atoms with Crippen LogP contribution in [0.5, 0.6) is 0 Å². The van der Waals surface area contributed by atoms with Crippen LogP contribution in [0.2, 0.25) is 0 Å². The van der Waals surface area contributed by atoms with Gasteiger partial charge in [-0.3, -0.25) is 4.79 Å². The summed E-state index contributed by atoms with van der Waals surface area (Å²) >= 11 is 0. The van der Waals surface area contributed by atoms with Gasteiger partial charge in [0.15, 0.2) is 0 Å². The number of aliphatic hydroxyl groups excluding tert-OH is 1. The number of carbonyl (C=O) groups is 1. The molecular weight excluding hydrogens is 272 g/mol. The van der Waals surface area contributed by atoms with Crippen molar-refractivity contribution in [2.24, 2.45) is 28.6 Å². The van der Waals surface area contributed by atoms with Crippen LogP contribution in [0, 0.1) is 28.6 Å². The Morgan fingerprint density at radius 2 is 2.09 bits per heavy atom. The Kier molecular flexibility index (Phi) is 3.87. The fourth-order valence-corrected chi connectivity index (χ4v) is 6.22. The molecule has 0 aromatic carbocycles. The molecule has 2 heteroatoms. The number of Topliss-reactive ketones (excluding diaryl/α,β-unsaturated/α-hetero) is 1. The third kappa shape index (κ3) is 2.06. The Bertz CT molecular complexity index is 532. The lowest BCUT2D eigenvalue weighted by atomic mass is 9.44. The SMILES string of the molecule is C=CC1=C(C)[C@@H]2CC(=O)[C@H]3[C@](C)(CO)CCC[C@]3(C)[C@H]2CC1. The van der Waals surface area contributed by atoms with Gasteiger partial charge in [-0.1, -0.05) is 38.5 Å². The van der Waals surface area contributed by atoms with E-state index in [1.165, 1.54) is 17.6 Å². The molecule has 0 saturated heterocycles. The van der Waals surface area contributed by atoms with Crippen molar-refractivity contribution >= 4 is 5.78 Å². The number of carbonyl (C=O) groups excluding carboxylic acids is 1. The Hall–Kier alpha value is -0.890. The van der Waals surface area contributed by atoms with Gasteiger partial charge < -0.3 is 5.11 Å². The maximum atomic E-state index is 13.0. The van der Waals surface area contributed by atoms with Gasteiger partial charge in [-0.15, -0.1) is 0 Å². The lowest BCUT2D eigenvalue weighted by Gasteiger charge is -2.60. The standard InChI is InChI=1S/C20H30O2/c1-5-14-7-8-16-15(13(14)2)11-17(22)18-19(3,12-21)9-6-10-20(16,18)4/h5,15-16,18,21H,1,6-12H2,2-4H3/t15-,16-,18-,19-,20+/m0/s1. The van der Waals surface area contributed by atoms with E-state index in [2.05, 4.69) is 27.4 Å². The van der Waals surface area contributed by atoms with Crippen LogP contribution in [0.4, 0.5) is 0 Å². The quantitative estimate of drug-likeness (QED) is 0.826. The van der Waals surface area contributed by atoms with E-state index in [9.17, 15) is 9.90 Å². The summed E-state index contributed by atoms with van der Waals surface area (Å²) in [6.45, 7) is 10.8. The summed E-state index contributed by atoms with van der Waals surface area (Å²) in [5.74, 6) is 1.42. The molecule has 0 bridgehead atoms. The minimum atomic E-state index is -0.217. The molecule has 0 aromatic rings. The van der Waals surface area contributed by atoms with Gasteiger partial charge in [-0.05, 0) is 55.4 Å². The summed E-state index contributed by atoms with van der Waals surface area (Å²) in [6.07, 6.45) is 8.19. The second-order valence-electron chi connectivity index (χ2n) is 8.44. The van der Waals surface area contributed by atoms with Crippen molar-refractivity contribution in [1.82, 2.24) is 0 Å². The number of hydrogen-bond acceptors (Lipinski definition) is 2. The van der Waals surface area contributed by atoms with Crippen molar-refractivity contribution in [1.29, 1.82) is 0 Å². The number of fused-ring (bicyclic) bond motifs is 3. The summed E-state index contributed by atoms with van der Waals surface area (Å²) in [5.41, 5.74) is 2.60. The molecule has 2 saturated carbocycles. The van der Waals surface area contributed by atoms with Crippen molar-refractivity contribution in [3.8, 4) is 0 Å². The summed E-state index contributed by atoms with van der Waals surface area (Å²) in [6, 6.07) is 0. The van der Waals surface area contributed by atoms with E-state index in [-0.39, 0.29) is 23.4 Å². The Morgan fingerprint density at radius 1 is 1.36 bits per heavy atom. The van der Waals surface area contributed by atoms with E-state index in [1.807, 2.05) is 6.08 Å². The van der Waals surface area contributed by atoms with Crippen LogP contribution in [0.3, 0.4) is 0 Å². The van der Waals surface area contributed by atoms with E-state index in [0.717, 1.165) is 25.7 Å². The zero-order valence-electron chi connectivity index (χ0n) is 14.3. The highest BCUT2D eigenvalue weighted by Gasteiger charge is 2.60. The number of rotatable bonds is 2. The Morgan fingerprint density at radius 3 is 2.73 bits per heavy atom. The van der Waals surface area contributed by atoms with Gasteiger partial charge in [0.25, 0.3) is 0 Å². The smallest absolute Gasteiger partial charge is 0.137 e. The van der Waals surface area contributed by atoms with Gasteiger partial charge in [-0.2, -0.15) is 0 Å². The molecule has 0 heterocycles. The summed E-state index contributed by atoms with van der Waals surface area (Å²) in [5, 5.41) is 9.97. The first-order chi connectivity index (χ1) is 10.4. The highest BCUT2D eigenvalue weighted by atomic mass is 16.3. The molecule has 2 fully saturated rings. The maximum absolute atomic E-state index is 13.0. The molecular formula is C20H30O2. The lowest BCUT2D eigenvalue weighted by Crippen LogP contribution is -2.58. The minimum absolute atomic E-state index is 0.0399.